The lowest BCUT2D eigenvalue weighted by molar-refractivity contribution is -0.190. The van der Waals surface area contributed by atoms with Crippen LogP contribution in [-0.4, -0.2) is 13.1 Å². The summed E-state index contributed by atoms with van der Waals surface area (Å²) < 4.78 is 5.71. The lowest BCUT2D eigenvalue weighted by Crippen LogP contribution is -2.63. The summed E-state index contributed by atoms with van der Waals surface area (Å²) in [5, 5.41) is 0. The van der Waals surface area contributed by atoms with Crippen LogP contribution in [0.3, 0.4) is 0 Å². The van der Waals surface area contributed by atoms with Crippen molar-refractivity contribution in [3.05, 3.63) is 47.0 Å². The first-order valence-electron chi connectivity index (χ1n) is 34.7. The number of allylic oxidation sites excluding steroid dienone is 2. The average Bonchev–Trinajstić information content (AvgIpc) is 4.25. The lowest BCUT2D eigenvalue weighted by atomic mass is 9.38. The highest BCUT2D eigenvalue weighted by molar-refractivity contribution is 5.72. The van der Waals surface area contributed by atoms with E-state index in [1.165, 1.54) is 225 Å². The maximum atomic E-state index is 13.8. The summed E-state index contributed by atoms with van der Waals surface area (Å²) in [7, 11) is 1.72. The highest BCUT2D eigenvalue weighted by Gasteiger charge is 3.10. The fraction of sp³-hybridized carbons (Fsp3) is 0.875. The number of rotatable bonds is 5. The van der Waals surface area contributed by atoms with E-state index in [4.69, 9.17) is 4.74 Å². The molecule has 0 N–H and O–H groups in total. The van der Waals surface area contributed by atoms with Gasteiger partial charge in [0.05, 0.1) is 7.11 Å². The van der Waals surface area contributed by atoms with Crippen LogP contribution >= 0.6 is 0 Å². The fourth-order valence-corrected chi connectivity index (χ4v) is 49.4. The van der Waals surface area contributed by atoms with Crippen molar-refractivity contribution in [2.45, 2.75) is 24.7 Å². The van der Waals surface area contributed by atoms with Gasteiger partial charge in [0.1, 0.15) is 0 Å². The molecule has 33 aliphatic carbocycles. The quantitative estimate of drug-likeness (QED) is 0.217. The smallest absolute Gasteiger partial charge is 0.305 e. The second kappa shape index (κ2) is 8.40. The molecule has 0 aromatic heterocycles. The molecule has 0 amide bonds. The monoisotopic (exact) mass is 967 g/mol. The van der Waals surface area contributed by atoms with Crippen LogP contribution in [0.1, 0.15) is 24.8 Å². The van der Waals surface area contributed by atoms with Gasteiger partial charge in [-0.3, -0.25) is 4.79 Å². The molecule has 0 bridgehead atoms. The predicted octanol–water partition coefficient (Wildman–Crippen LogP) is 9.48. The Hall–Kier alpha value is -1.57. The van der Waals surface area contributed by atoms with E-state index < -0.39 is 0 Å². The molecule has 1 aromatic rings. The third-order valence-corrected chi connectivity index (χ3v) is 43.4. The van der Waals surface area contributed by atoms with Gasteiger partial charge in [-0.2, -0.15) is 0 Å². The highest BCUT2D eigenvalue weighted by atomic mass is 16.5. The maximum absolute atomic E-state index is 13.8. The third-order valence-electron chi connectivity index (χ3n) is 43.4. The maximum Gasteiger partial charge on any atom is 0.305 e. The van der Waals surface area contributed by atoms with Gasteiger partial charge in [-0.05, 0) is 355 Å². The number of hydrogen-bond donors (Lipinski definition) is 0. The summed E-state index contributed by atoms with van der Waals surface area (Å²) in [6.45, 7) is 0. The van der Waals surface area contributed by atoms with Gasteiger partial charge in [0.2, 0.25) is 0 Å². The standard InChI is InChI=1S/C72H70O2/c1-74-11(73)8-5-9-70(10-6-3-2-4-7-10)71-66-59-52-40-32-23-14-12-13-15-18(14)27-34(32)42-43-35(27)33-24(15)26-22-17(13)20-19-16(12)21-25(23)38(40)46-44-30(21)28(19)36-37-29(20)31(22)45-47-39(26)41(33)53-55(43)64(63(66)54(42)52)67-60(53)58(47)62-51(45)49(37)56-48(36)50(44)61(57(46)59)68(71)65(56)69(62)72(67,70)71/h2-4,6-7,12-61,63-68H,5,8-9H2,1H3. The number of hydrogen-bond acceptors (Lipinski definition) is 2. The Morgan fingerprint density at radius 2 is 0.676 bits per heavy atom. The summed E-state index contributed by atoms with van der Waals surface area (Å²) in [5.74, 6) is 66.2. The second-order valence-electron chi connectivity index (χ2n) is 38.3. The van der Waals surface area contributed by atoms with Crippen LogP contribution in [0, 0.1) is 342 Å². The van der Waals surface area contributed by atoms with E-state index >= 15 is 0 Å². The molecule has 31 saturated carbocycles. The molecule has 2 heteroatoms. The molecule has 0 heterocycles. The summed E-state index contributed by atoms with van der Waals surface area (Å²) in [6, 6.07) is 13.4. The highest BCUT2D eigenvalue weighted by Crippen LogP contribution is 3.13. The average molecular weight is 967 g/mol. The first-order chi connectivity index (χ1) is 36.8. The topological polar surface area (TPSA) is 26.3 Å². The van der Waals surface area contributed by atoms with Crippen molar-refractivity contribution in [3.8, 4) is 0 Å². The van der Waals surface area contributed by atoms with E-state index in [0.717, 1.165) is 119 Å². The molecule has 33 aliphatic rings. The minimum Gasteiger partial charge on any atom is -0.469 e. The summed E-state index contributed by atoms with van der Waals surface area (Å²) in [4.78, 5) is 13.8. The minimum absolute atomic E-state index is 0.108. The van der Waals surface area contributed by atoms with Gasteiger partial charge in [-0.25, -0.2) is 0 Å². The Morgan fingerprint density at radius 3 is 1.09 bits per heavy atom. The molecule has 370 valence electrons. The lowest BCUT2D eigenvalue weighted by Gasteiger charge is -2.66. The normalized spacial score (nSPS) is 92.2. The Kier molecular flexibility index (Phi) is 3.84. The predicted molar refractivity (Wildman–Crippen MR) is 261 cm³/mol. The van der Waals surface area contributed by atoms with E-state index in [1.54, 1.807) is 7.11 Å². The van der Waals surface area contributed by atoms with Crippen LogP contribution < -0.4 is 0 Å². The van der Waals surface area contributed by atoms with Gasteiger partial charge in [-0.1, -0.05) is 41.5 Å². The van der Waals surface area contributed by atoms with Crippen LogP contribution in [0.15, 0.2) is 41.5 Å². The van der Waals surface area contributed by atoms with E-state index in [-0.39, 0.29) is 11.4 Å². The molecule has 59 unspecified atom stereocenters. The molecule has 0 radical (unpaired) electrons. The second-order valence-corrected chi connectivity index (χ2v) is 38.3. The Bertz CT molecular complexity index is 3470. The van der Waals surface area contributed by atoms with Crippen molar-refractivity contribution >= 4 is 5.97 Å². The summed E-state index contributed by atoms with van der Waals surface area (Å²) >= 11 is 0. The summed E-state index contributed by atoms with van der Waals surface area (Å²) in [5.41, 5.74) is 8.12. The zero-order chi connectivity index (χ0) is 44.5. The number of benzene rings is 1. The molecule has 31 fully saturated rings. The number of ether oxygens (including phenoxy) is 1. The number of methoxy groups -OCH3 is 1. The van der Waals surface area contributed by atoms with Crippen LogP contribution in [-0.2, 0) is 14.9 Å². The van der Waals surface area contributed by atoms with Crippen molar-refractivity contribution in [2.75, 3.05) is 7.11 Å². The fourth-order valence-electron chi connectivity index (χ4n) is 49.4. The molecule has 59 atom stereocenters. The minimum atomic E-state index is 0.108. The largest absolute Gasteiger partial charge is 0.469 e. The van der Waals surface area contributed by atoms with Crippen LogP contribution in [0.25, 0.3) is 0 Å². The zero-order valence-corrected chi connectivity index (χ0v) is 42.7. The van der Waals surface area contributed by atoms with Crippen molar-refractivity contribution < 1.29 is 9.53 Å². The van der Waals surface area contributed by atoms with E-state index in [9.17, 15) is 4.79 Å². The van der Waals surface area contributed by atoms with Crippen molar-refractivity contribution in [3.63, 3.8) is 0 Å². The van der Waals surface area contributed by atoms with Crippen molar-refractivity contribution in [2.24, 2.45) is 342 Å². The van der Waals surface area contributed by atoms with Crippen molar-refractivity contribution in [1.29, 1.82) is 0 Å². The van der Waals surface area contributed by atoms with Gasteiger partial charge >= 0.3 is 5.97 Å². The Morgan fingerprint density at radius 1 is 0.365 bits per heavy atom. The number of carbonyl (C=O) groups is 1. The first kappa shape index (κ1) is 33.9. The van der Waals surface area contributed by atoms with E-state index in [1.807, 2.05) is 5.56 Å². The van der Waals surface area contributed by atoms with Gasteiger partial charge in [0.25, 0.3) is 0 Å². The molecule has 2 nitrogen and oxygen atoms in total. The van der Waals surface area contributed by atoms with Gasteiger partial charge < -0.3 is 4.74 Å². The van der Waals surface area contributed by atoms with Crippen molar-refractivity contribution in [1.82, 2.24) is 0 Å². The Balaban J connectivity index is 0.843. The molecule has 1 aromatic carbocycles. The van der Waals surface area contributed by atoms with Gasteiger partial charge in [-0.15, -0.1) is 0 Å². The Labute approximate surface area is 434 Å². The first-order valence-corrected chi connectivity index (χ1v) is 34.7. The van der Waals surface area contributed by atoms with Crippen LogP contribution in [0.2, 0.25) is 0 Å². The third kappa shape index (κ3) is 2.02. The summed E-state index contributed by atoms with van der Waals surface area (Å²) in [6.07, 6.45) is 3.13. The van der Waals surface area contributed by atoms with E-state index in [0.29, 0.717) is 17.3 Å². The molecule has 74 heavy (non-hydrogen) atoms. The molecular formula is C72H70O2. The molecule has 34 rings (SSSR count). The van der Waals surface area contributed by atoms with E-state index in [2.05, 4.69) is 41.5 Å². The van der Waals surface area contributed by atoms with Crippen LogP contribution in [0.5, 0.6) is 0 Å². The molecule has 0 saturated heterocycles. The molecule has 2 spiro atoms. The number of carbonyl (C=O) groups excluding carboxylic acids is 1. The zero-order valence-electron chi connectivity index (χ0n) is 42.7. The molecular weight excluding hydrogens is 897 g/mol. The number of esters is 1. The molecule has 0 aliphatic heterocycles. The SMILES string of the molecule is COC(=O)CCCC1(c2ccccc2)C23C4=C5C6C7C8C4C4C9C%10C8C8C7C7C%11C6C6C5C5C%12C%13C6C6C%11C%11C7C7C8C8C%14C7C7C%11C%11C6C%13C6C%13C%11C7C7C%14C%11C%14C7C%13C7C6C%12C(C6C7C%14C(C9C%11C8%10)C6C412)C53. The van der Waals surface area contributed by atoms with Gasteiger partial charge in [0.15, 0.2) is 0 Å². The van der Waals surface area contributed by atoms with Gasteiger partial charge in [0, 0.05) is 17.3 Å². The van der Waals surface area contributed by atoms with Crippen LogP contribution in [0.4, 0.5) is 0 Å².